The van der Waals surface area contributed by atoms with Crippen molar-refractivity contribution in [1.82, 2.24) is 0 Å². The highest BCUT2D eigenvalue weighted by Crippen LogP contribution is 2.40. The molecule has 0 fully saturated rings. The first kappa shape index (κ1) is 15.7. The standard InChI is InChI=1S/C25H22/c1-3-9-21-17-20-11-5-7-15-24(20)25(21)22-13-8-12-19-10-4-6-14-23(19)18(2)16-22/h3-11,13-16H,2,12,17H2,1H3/b9-3-,13-8-,22-16+. The lowest BCUT2D eigenvalue weighted by Crippen LogP contribution is -1.96. The molecule has 0 saturated carbocycles. The normalized spacial score (nSPS) is 19.9. The van der Waals surface area contributed by atoms with E-state index in [2.05, 4.69) is 92.4 Å². The Bertz CT molecular complexity index is 961. The van der Waals surface area contributed by atoms with Gasteiger partial charge < -0.3 is 0 Å². The van der Waals surface area contributed by atoms with Crippen LogP contribution in [0.15, 0.2) is 96.6 Å². The van der Waals surface area contributed by atoms with E-state index in [1.807, 2.05) is 0 Å². The number of fused-ring (bicyclic) bond motifs is 2. The molecule has 0 heterocycles. The molecule has 0 heteroatoms. The van der Waals surface area contributed by atoms with Gasteiger partial charge in [-0.25, -0.2) is 0 Å². The van der Waals surface area contributed by atoms with Crippen LogP contribution < -0.4 is 0 Å². The highest BCUT2D eigenvalue weighted by atomic mass is 14.3. The maximum absolute atomic E-state index is 4.35. The molecule has 2 aliphatic carbocycles. The molecule has 0 N–H and O–H groups in total. The van der Waals surface area contributed by atoms with Gasteiger partial charge in [-0.15, -0.1) is 0 Å². The van der Waals surface area contributed by atoms with Crippen LogP contribution in [0.1, 0.15) is 29.2 Å². The topological polar surface area (TPSA) is 0 Å². The minimum absolute atomic E-state index is 0.945. The lowest BCUT2D eigenvalue weighted by atomic mass is 9.89. The van der Waals surface area contributed by atoms with Crippen molar-refractivity contribution < 1.29 is 0 Å². The number of allylic oxidation sites excluding steroid dienone is 9. The van der Waals surface area contributed by atoms with E-state index in [-0.39, 0.29) is 0 Å². The molecule has 0 amide bonds. The second-order valence-corrected chi connectivity index (χ2v) is 6.62. The van der Waals surface area contributed by atoms with Crippen molar-refractivity contribution in [3.63, 3.8) is 0 Å². The second-order valence-electron chi connectivity index (χ2n) is 6.62. The Kier molecular flexibility index (Phi) is 4.11. The van der Waals surface area contributed by atoms with Crippen molar-refractivity contribution in [1.29, 1.82) is 0 Å². The van der Waals surface area contributed by atoms with Crippen LogP contribution >= 0.6 is 0 Å². The molecule has 25 heavy (non-hydrogen) atoms. The molecule has 0 aromatic heterocycles. The van der Waals surface area contributed by atoms with Crippen LogP contribution in [0.4, 0.5) is 0 Å². The van der Waals surface area contributed by atoms with E-state index < -0.39 is 0 Å². The summed E-state index contributed by atoms with van der Waals surface area (Å²) in [5.41, 5.74) is 10.5. The first-order valence-corrected chi connectivity index (χ1v) is 8.88. The minimum Gasteiger partial charge on any atom is -0.0911 e. The summed E-state index contributed by atoms with van der Waals surface area (Å²) in [4.78, 5) is 0. The third-order valence-corrected chi connectivity index (χ3v) is 4.97. The van der Waals surface area contributed by atoms with Crippen molar-refractivity contribution in [2.45, 2.75) is 19.8 Å². The number of hydrogen-bond acceptors (Lipinski definition) is 0. The Morgan fingerprint density at radius 1 is 0.920 bits per heavy atom. The lowest BCUT2D eigenvalue weighted by Gasteiger charge is -2.15. The Hall–Kier alpha value is -2.86. The van der Waals surface area contributed by atoms with E-state index in [1.54, 1.807) is 0 Å². The summed E-state index contributed by atoms with van der Waals surface area (Å²) < 4.78 is 0. The summed E-state index contributed by atoms with van der Waals surface area (Å²) in [6, 6.07) is 17.3. The Morgan fingerprint density at radius 2 is 1.64 bits per heavy atom. The summed E-state index contributed by atoms with van der Waals surface area (Å²) >= 11 is 0. The number of hydrogen-bond donors (Lipinski definition) is 0. The molecule has 4 rings (SSSR count). The highest BCUT2D eigenvalue weighted by molar-refractivity contribution is 5.93. The van der Waals surface area contributed by atoms with Gasteiger partial charge in [-0.1, -0.05) is 79.4 Å². The molecular formula is C25H22. The third-order valence-electron chi connectivity index (χ3n) is 4.97. The maximum Gasteiger partial charge on any atom is -0.00133 e. The van der Waals surface area contributed by atoms with Crippen LogP contribution in [0.5, 0.6) is 0 Å². The maximum atomic E-state index is 4.35. The van der Waals surface area contributed by atoms with E-state index in [0.29, 0.717) is 0 Å². The second kappa shape index (κ2) is 6.57. The van der Waals surface area contributed by atoms with Gasteiger partial charge in [0.15, 0.2) is 0 Å². The van der Waals surface area contributed by atoms with Gasteiger partial charge in [0.05, 0.1) is 0 Å². The molecule has 0 unspecified atom stereocenters. The number of benzene rings is 2. The molecule has 2 aromatic rings. The van der Waals surface area contributed by atoms with Gasteiger partial charge in [0, 0.05) is 0 Å². The largest absolute Gasteiger partial charge is 0.0911 e. The van der Waals surface area contributed by atoms with Gasteiger partial charge in [0.25, 0.3) is 0 Å². The molecule has 0 saturated heterocycles. The van der Waals surface area contributed by atoms with E-state index in [4.69, 9.17) is 0 Å². The molecule has 0 radical (unpaired) electrons. The fourth-order valence-corrected chi connectivity index (χ4v) is 3.86. The molecule has 0 bridgehead atoms. The van der Waals surface area contributed by atoms with Gasteiger partial charge in [0.1, 0.15) is 0 Å². The average Bonchev–Trinajstić information content (AvgIpc) is 2.98. The SMILES string of the molecule is C=C1/C=C(C2=C(/C=C\C)Cc3ccccc32)\C=C/Cc2ccccc21. The fraction of sp³-hybridized carbons (Fsp3) is 0.120. The highest BCUT2D eigenvalue weighted by Gasteiger charge is 2.22. The fourth-order valence-electron chi connectivity index (χ4n) is 3.86. The predicted molar refractivity (Wildman–Crippen MR) is 108 cm³/mol. The molecule has 0 nitrogen and oxygen atoms in total. The van der Waals surface area contributed by atoms with Gasteiger partial charge in [-0.2, -0.15) is 0 Å². The lowest BCUT2D eigenvalue weighted by molar-refractivity contribution is 1.24. The molecule has 122 valence electrons. The Labute approximate surface area is 150 Å². The van der Waals surface area contributed by atoms with Gasteiger partial charge in [0.2, 0.25) is 0 Å². The van der Waals surface area contributed by atoms with Gasteiger partial charge in [-0.05, 0) is 70.4 Å². The van der Waals surface area contributed by atoms with Crippen LogP contribution in [0.2, 0.25) is 0 Å². The summed E-state index contributed by atoms with van der Waals surface area (Å²) in [6.07, 6.45) is 13.1. The van der Waals surface area contributed by atoms with Crippen LogP contribution in [-0.4, -0.2) is 0 Å². The zero-order chi connectivity index (χ0) is 17.2. The quantitative estimate of drug-likeness (QED) is 0.606. The predicted octanol–water partition coefficient (Wildman–Crippen LogP) is 6.32. The summed E-state index contributed by atoms with van der Waals surface area (Å²) in [7, 11) is 0. The zero-order valence-corrected chi connectivity index (χ0v) is 14.6. The smallest absolute Gasteiger partial charge is 0.00133 e. The first-order chi connectivity index (χ1) is 12.3. The summed E-state index contributed by atoms with van der Waals surface area (Å²) in [6.45, 7) is 6.44. The van der Waals surface area contributed by atoms with Crippen molar-refractivity contribution in [2.24, 2.45) is 0 Å². The molecular weight excluding hydrogens is 300 g/mol. The molecule has 0 atom stereocenters. The van der Waals surface area contributed by atoms with E-state index in [1.165, 1.54) is 39.0 Å². The van der Waals surface area contributed by atoms with E-state index in [9.17, 15) is 0 Å². The molecule has 0 aliphatic heterocycles. The first-order valence-electron chi connectivity index (χ1n) is 8.88. The van der Waals surface area contributed by atoms with Crippen LogP contribution in [-0.2, 0) is 12.8 Å². The minimum atomic E-state index is 0.945. The summed E-state index contributed by atoms with van der Waals surface area (Å²) in [5, 5.41) is 0. The molecule has 0 spiro atoms. The van der Waals surface area contributed by atoms with Gasteiger partial charge >= 0.3 is 0 Å². The average molecular weight is 322 g/mol. The number of rotatable bonds is 2. The summed E-state index contributed by atoms with van der Waals surface area (Å²) in [5.74, 6) is 0. The monoisotopic (exact) mass is 322 g/mol. The Balaban J connectivity index is 1.87. The molecule has 2 aliphatic rings. The third kappa shape index (κ3) is 2.85. The van der Waals surface area contributed by atoms with Crippen molar-refractivity contribution >= 4 is 11.1 Å². The van der Waals surface area contributed by atoms with Crippen molar-refractivity contribution in [3.8, 4) is 0 Å². The Morgan fingerprint density at radius 3 is 2.44 bits per heavy atom. The zero-order valence-electron chi connectivity index (χ0n) is 14.6. The van der Waals surface area contributed by atoms with Gasteiger partial charge in [-0.3, -0.25) is 0 Å². The van der Waals surface area contributed by atoms with Crippen molar-refractivity contribution in [3.05, 3.63) is 119 Å². The molecule has 2 aromatic carbocycles. The van der Waals surface area contributed by atoms with Crippen LogP contribution in [0.25, 0.3) is 11.1 Å². The van der Waals surface area contributed by atoms with E-state index >= 15 is 0 Å². The van der Waals surface area contributed by atoms with Crippen molar-refractivity contribution in [2.75, 3.05) is 0 Å². The van der Waals surface area contributed by atoms with Crippen LogP contribution in [0, 0.1) is 0 Å². The van der Waals surface area contributed by atoms with E-state index in [0.717, 1.165) is 18.4 Å². The van der Waals surface area contributed by atoms with Crippen LogP contribution in [0.3, 0.4) is 0 Å².